The SMILES string of the molecule is COc1ccc(C(=O)NCC2(C)CCCS2)cc1Br. The molecule has 0 radical (unpaired) electrons. The van der Waals surface area contributed by atoms with E-state index in [2.05, 4.69) is 28.2 Å². The number of carbonyl (C=O) groups is 1. The lowest BCUT2D eigenvalue weighted by Crippen LogP contribution is -2.36. The molecule has 2 rings (SSSR count). The van der Waals surface area contributed by atoms with Crippen LogP contribution in [0, 0.1) is 0 Å². The van der Waals surface area contributed by atoms with Crippen LogP contribution in [0.3, 0.4) is 0 Å². The third kappa shape index (κ3) is 3.66. The van der Waals surface area contributed by atoms with Gasteiger partial charge < -0.3 is 10.1 Å². The summed E-state index contributed by atoms with van der Waals surface area (Å²) in [5.41, 5.74) is 0.652. The number of amides is 1. The molecule has 1 N–H and O–H groups in total. The van der Waals surface area contributed by atoms with E-state index in [1.165, 1.54) is 18.6 Å². The van der Waals surface area contributed by atoms with Crippen LogP contribution in [0.25, 0.3) is 0 Å². The first-order valence-electron chi connectivity index (χ1n) is 6.30. The third-order valence-corrected chi connectivity index (χ3v) is 5.50. The van der Waals surface area contributed by atoms with Gasteiger partial charge in [-0.25, -0.2) is 0 Å². The molecule has 3 nitrogen and oxygen atoms in total. The average Bonchev–Trinajstić information content (AvgIpc) is 2.83. The van der Waals surface area contributed by atoms with E-state index < -0.39 is 0 Å². The first-order valence-corrected chi connectivity index (χ1v) is 8.08. The summed E-state index contributed by atoms with van der Waals surface area (Å²) in [6.45, 7) is 2.94. The predicted molar refractivity (Wildman–Crippen MR) is 83.1 cm³/mol. The van der Waals surface area contributed by atoms with Crippen molar-refractivity contribution in [2.45, 2.75) is 24.5 Å². The van der Waals surface area contributed by atoms with E-state index in [4.69, 9.17) is 4.74 Å². The molecule has 1 amide bonds. The third-order valence-electron chi connectivity index (χ3n) is 3.34. The van der Waals surface area contributed by atoms with Crippen molar-refractivity contribution in [2.75, 3.05) is 19.4 Å². The number of halogens is 1. The number of benzene rings is 1. The minimum atomic E-state index is -0.0305. The molecule has 1 atom stereocenters. The summed E-state index contributed by atoms with van der Waals surface area (Å²) in [5, 5.41) is 3.02. The average molecular weight is 344 g/mol. The molecule has 1 heterocycles. The first kappa shape index (κ1) is 14.7. The van der Waals surface area contributed by atoms with Crippen LogP contribution >= 0.6 is 27.7 Å². The van der Waals surface area contributed by atoms with Gasteiger partial charge in [0, 0.05) is 16.9 Å². The molecule has 1 unspecified atom stereocenters. The Kier molecular flexibility index (Phi) is 4.79. The van der Waals surface area contributed by atoms with Gasteiger partial charge in [-0.2, -0.15) is 11.8 Å². The van der Waals surface area contributed by atoms with Crippen molar-refractivity contribution >= 4 is 33.6 Å². The van der Waals surface area contributed by atoms with Crippen molar-refractivity contribution in [1.29, 1.82) is 0 Å². The zero-order valence-corrected chi connectivity index (χ0v) is 13.6. The van der Waals surface area contributed by atoms with Crippen molar-refractivity contribution in [3.05, 3.63) is 28.2 Å². The zero-order chi connectivity index (χ0) is 13.9. The molecule has 1 aromatic rings. The molecular weight excluding hydrogens is 326 g/mol. The monoisotopic (exact) mass is 343 g/mol. The molecule has 0 spiro atoms. The van der Waals surface area contributed by atoms with Crippen LogP contribution in [0.4, 0.5) is 0 Å². The van der Waals surface area contributed by atoms with Gasteiger partial charge in [0.05, 0.1) is 11.6 Å². The van der Waals surface area contributed by atoms with Crippen molar-refractivity contribution in [1.82, 2.24) is 5.32 Å². The molecule has 0 aliphatic carbocycles. The zero-order valence-electron chi connectivity index (χ0n) is 11.2. The van der Waals surface area contributed by atoms with E-state index in [9.17, 15) is 4.79 Å². The Balaban J connectivity index is 1.98. The van der Waals surface area contributed by atoms with Crippen LogP contribution in [0.5, 0.6) is 5.75 Å². The number of nitrogens with one attached hydrogen (secondary N) is 1. The summed E-state index contributed by atoms with van der Waals surface area (Å²) >= 11 is 5.34. The highest BCUT2D eigenvalue weighted by molar-refractivity contribution is 9.10. The summed E-state index contributed by atoms with van der Waals surface area (Å²) in [6.07, 6.45) is 2.41. The Hall–Kier alpha value is -0.680. The van der Waals surface area contributed by atoms with Gasteiger partial charge in [0.2, 0.25) is 0 Å². The number of rotatable bonds is 4. The van der Waals surface area contributed by atoms with E-state index in [0.29, 0.717) is 5.56 Å². The second-order valence-electron chi connectivity index (χ2n) is 4.93. The fourth-order valence-electron chi connectivity index (χ4n) is 2.15. The molecule has 0 saturated carbocycles. The highest BCUT2D eigenvalue weighted by Crippen LogP contribution is 2.37. The summed E-state index contributed by atoms with van der Waals surface area (Å²) in [4.78, 5) is 12.1. The standard InChI is InChI=1S/C14H18BrNO2S/c1-14(6-3-7-19-14)9-16-13(17)10-4-5-12(18-2)11(15)8-10/h4-5,8H,3,6-7,9H2,1-2H3,(H,16,17). The maximum absolute atomic E-state index is 12.1. The lowest BCUT2D eigenvalue weighted by molar-refractivity contribution is 0.0950. The van der Waals surface area contributed by atoms with Crippen molar-refractivity contribution < 1.29 is 9.53 Å². The number of ether oxygens (including phenoxy) is 1. The molecule has 1 aliphatic heterocycles. The van der Waals surface area contributed by atoms with Crippen LogP contribution in [-0.2, 0) is 0 Å². The Morgan fingerprint density at radius 2 is 2.37 bits per heavy atom. The van der Waals surface area contributed by atoms with Gasteiger partial charge in [-0.05, 0) is 59.6 Å². The fourth-order valence-corrected chi connectivity index (χ4v) is 3.94. The molecule has 1 aromatic carbocycles. The van der Waals surface area contributed by atoms with E-state index in [0.717, 1.165) is 16.8 Å². The first-order chi connectivity index (χ1) is 9.04. The molecule has 5 heteroatoms. The Morgan fingerprint density at radius 1 is 1.58 bits per heavy atom. The van der Waals surface area contributed by atoms with E-state index in [-0.39, 0.29) is 10.7 Å². The summed E-state index contributed by atoms with van der Waals surface area (Å²) < 4.78 is 6.14. The van der Waals surface area contributed by atoms with E-state index >= 15 is 0 Å². The largest absolute Gasteiger partial charge is 0.496 e. The molecule has 0 aromatic heterocycles. The van der Waals surface area contributed by atoms with Crippen molar-refractivity contribution in [3.8, 4) is 5.75 Å². The van der Waals surface area contributed by atoms with Crippen LogP contribution < -0.4 is 10.1 Å². The highest BCUT2D eigenvalue weighted by Gasteiger charge is 2.29. The molecule has 1 fully saturated rings. The lowest BCUT2D eigenvalue weighted by Gasteiger charge is -2.22. The topological polar surface area (TPSA) is 38.3 Å². The van der Waals surface area contributed by atoms with Gasteiger partial charge >= 0.3 is 0 Å². The quantitative estimate of drug-likeness (QED) is 0.909. The van der Waals surface area contributed by atoms with Gasteiger partial charge in [-0.1, -0.05) is 0 Å². The number of carbonyl (C=O) groups excluding carboxylic acids is 1. The maximum atomic E-state index is 12.1. The van der Waals surface area contributed by atoms with Crippen LogP contribution in [0.1, 0.15) is 30.1 Å². The minimum absolute atomic E-state index is 0.0305. The smallest absolute Gasteiger partial charge is 0.251 e. The van der Waals surface area contributed by atoms with Gasteiger partial charge in [0.1, 0.15) is 5.75 Å². The molecular formula is C14H18BrNO2S. The molecule has 19 heavy (non-hydrogen) atoms. The Morgan fingerprint density at radius 3 is 2.95 bits per heavy atom. The van der Waals surface area contributed by atoms with Crippen LogP contribution in [0.15, 0.2) is 22.7 Å². The summed E-state index contributed by atoms with van der Waals surface area (Å²) in [5.74, 6) is 1.90. The number of methoxy groups -OCH3 is 1. The summed E-state index contributed by atoms with van der Waals surface area (Å²) in [6, 6.07) is 5.37. The number of thioether (sulfide) groups is 1. The molecule has 104 valence electrons. The maximum Gasteiger partial charge on any atom is 0.251 e. The van der Waals surface area contributed by atoms with E-state index in [1.807, 2.05) is 11.8 Å². The van der Waals surface area contributed by atoms with Crippen LogP contribution in [-0.4, -0.2) is 30.1 Å². The number of hydrogen-bond acceptors (Lipinski definition) is 3. The summed E-state index contributed by atoms with van der Waals surface area (Å²) in [7, 11) is 1.61. The highest BCUT2D eigenvalue weighted by atomic mass is 79.9. The Labute approximate surface area is 126 Å². The lowest BCUT2D eigenvalue weighted by atomic mass is 10.1. The van der Waals surface area contributed by atoms with E-state index in [1.54, 1.807) is 25.3 Å². The minimum Gasteiger partial charge on any atom is -0.496 e. The Bertz CT molecular complexity index is 473. The van der Waals surface area contributed by atoms with Gasteiger partial charge in [-0.3, -0.25) is 4.79 Å². The molecule has 1 aliphatic rings. The molecule has 0 bridgehead atoms. The molecule has 1 saturated heterocycles. The predicted octanol–water partition coefficient (Wildman–Crippen LogP) is 3.47. The van der Waals surface area contributed by atoms with Crippen molar-refractivity contribution in [2.24, 2.45) is 0 Å². The normalized spacial score (nSPS) is 22.3. The second-order valence-corrected chi connectivity index (χ2v) is 7.47. The van der Waals surface area contributed by atoms with Gasteiger partial charge in [-0.15, -0.1) is 0 Å². The van der Waals surface area contributed by atoms with Gasteiger partial charge in [0.25, 0.3) is 5.91 Å². The van der Waals surface area contributed by atoms with Gasteiger partial charge in [0.15, 0.2) is 0 Å². The van der Waals surface area contributed by atoms with Crippen LogP contribution in [0.2, 0.25) is 0 Å². The fraction of sp³-hybridized carbons (Fsp3) is 0.500. The second kappa shape index (κ2) is 6.18. The number of hydrogen-bond donors (Lipinski definition) is 1. The van der Waals surface area contributed by atoms with Crippen molar-refractivity contribution in [3.63, 3.8) is 0 Å².